The Morgan fingerprint density at radius 2 is 2.13 bits per heavy atom. The van der Waals surface area contributed by atoms with Crippen molar-refractivity contribution < 1.29 is 14.3 Å². The first-order valence-corrected chi connectivity index (χ1v) is 5.15. The first-order chi connectivity index (χ1) is 7.13. The maximum absolute atomic E-state index is 11.0. The molecule has 1 aromatic carbocycles. The topological polar surface area (TPSA) is 61.6 Å². The Bertz CT molecular complexity index is 355. The summed E-state index contributed by atoms with van der Waals surface area (Å²) in [6.45, 7) is 0.934. The molecule has 0 aromatic heterocycles. The molecule has 15 heavy (non-hydrogen) atoms. The predicted octanol–water partition coefficient (Wildman–Crippen LogP) is 1.57. The average molecular weight is 274 g/mol. The Kier molecular flexibility index (Phi) is 4.58. The number of rotatable bonds is 5. The number of ether oxygens (including phenoxy) is 2. The summed E-state index contributed by atoms with van der Waals surface area (Å²) in [4.78, 5) is 11.0. The molecule has 0 saturated carbocycles. The summed E-state index contributed by atoms with van der Waals surface area (Å²) >= 11 is 3.27. The highest BCUT2D eigenvalue weighted by Gasteiger charge is 2.04. The molecule has 1 rings (SSSR count). The number of hydrogen-bond acceptors (Lipinski definition) is 3. The standard InChI is InChI=1S/C10H12BrNO3/c1-14-2-3-15-9-5-7(10(12)13)4-8(11)6-9/h4-6H,2-3H2,1H3,(H2,12,13). The molecule has 1 aromatic rings. The van der Waals surface area contributed by atoms with Crippen LogP contribution in [-0.2, 0) is 4.74 Å². The van der Waals surface area contributed by atoms with Crippen molar-refractivity contribution in [3.05, 3.63) is 28.2 Å². The smallest absolute Gasteiger partial charge is 0.248 e. The van der Waals surface area contributed by atoms with Crippen molar-refractivity contribution >= 4 is 21.8 Å². The van der Waals surface area contributed by atoms with E-state index in [4.69, 9.17) is 15.2 Å². The van der Waals surface area contributed by atoms with Crippen LogP contribution in [0.5, 0.6) is 5.75 Å². The van der Waals surface area contributed by atoms with E-state index in [0.29, 0.717) is 24.5 Å². The highest BCUT2D eigenvalue weighted by molar-refractivity contribution is 9.10. The van der Waals surface area contributed by atoms with Crippen LogP contribution in [0.3, 0.4) is 0 Å². The molecular formula is C10H12BrNO3. The lowest BCUT2D eigenvalue weighted by Gasteiger charge is -2.07. The molecule has 0 aliphatic rings. The Morgan fingerprint density at radius 3 is 2.73 bits per heavy atom. The second-order valence-corrected chi connectivity index (χ2v) is 3.80. The summed E-state index contributed by atoms with van der Waals surface area (Å²) in [6.07, 6.45) is 0. The van der Waals surface area contributed by atoms with E-state index in [1.54, 1.807) is 25.3 Å². The minimum atomic E-state index is -0.479. The van der Waals surface area contributed by atoms with Gasteiger partial charge in [-0.15, -0.1) is 0 Å². The summed E-state index contributed by atoms with van der Waals surface area (Å²) in [5.41, 5.74) is 5.58. The van der Waals surface area contributed by atoms with Gasteiger partial charge in [0.05, 0.1) is 6.61 Å². The fourth-order valence-electron chi connectivity index (χ4n) is 1.03. The summed E-state index contributed by atoms with van der Waals surface area (Å²) < 4.78 is 11.0. The number of hydrogen-bond donors (Lipinski definition) is 1. The van der Waals surface area contributed by atoms with Crippen LogP contribution in [0.15, 0.2) is 22.7 Å². The minimum absolute atomic E-state index is 0.414. The van der Waals surface area contributed by atoms with Crippen molar-refractivity contribution in [2.24, 2.45) is 5.73 Å². The number of carbonyl (C=O) groups is 1. The quantitative estimate of drug-likeness (QED) is 0.829. The lowest BCUT2D eigenvalue weighted by molar-refractivity contribution is 0.0999. The normalized spacial score (nSPS) is 10.0. The van der Waals surface area contributed by atoms with Gasteiger partial charge in [-0.05, 0) is 18.2 Å². The molecular weight excluding hydrogens is 262 g/mol. The average Bonchev–Trinajstić information content (AvgIpc) is 2.17. The van der Waals surface area contributed by atoms with E-state index in [-0.39, 0.29) is 0 Å². The van der Waals surface area contributed by atoms with E-state index >= 15 is 0 Å². The third-order valence-electron chi connectivity index (χ3n) is 1.71. The van der Waals surface area contributed by atoms with Crippen molar-refractivity contribution in [2.75, 3.05) is 20.3 Å². The molecule has 0 atom stereocenters. The van der Waals surface area contributed by atoms with E-state index in [1.165, 1.54) is 0 Å². The number of carbonyl (C=O) groups excluding carboxylic acids is 1. The van der Waals surface area contributed by atoms with Gasteiger partial charge in [-0.1, -0.05) is 15.9 Å². The molecule has 0 aliphatic heterocycles. The zero-order valence-electron chi connectivity index (χ0n) is 8.33. The predicted molar refractivity (Wildman–Crippen MR) is 60.0 cm³/mol. The Labute approximate surface area is 96.5 Å². The largest absolute Gasteiger partial charge is 0.491 e. The third-order valence-corrected chi connectivity index (χ3v) is 2.17. The highest BCUT2D eigenvalue weighted by atomic mass is 79.9. The monoisotopic (exact) mass is 273 g/mol. The maximum atomic E-state index is 11.0. The van der Waals surface area contributed by atoms with E-state index in [9.17, 15) is 4.79 Å². The van der Waals surface area contributed by atoms with Crippen LogP contribution < -0.4 is 10.5 Å². The van der Waals surface area contributed by atoms with Crippen molar-refractivity contribution in [1.82, 2.24) is 0 Å². The van der Waals surface area contributed by atoms with Gasteiger partial charge in [-0.2, -0.15) is 0 Å². The summed E-state index contributed by atoms with van der Waals surface area (Å²) in [5, 5.41) is 0. The van der Waals surface area contributed by atoms with E-state index < -0.39 is 5.91 Å². The molecule has 2 N–H and O–H groups in total. The van der Waals surface area contributed by atoms with Gasteiger partial charge in [0, 0.05) is 17.1 Å². The van der Waals surface area contributed by atoms with Gasteiger partial charge in [-0.25, -0.2) is 0 Å². The molecule has 0 radical (unpaired) electrons. The summed E-state index contributed by atoms with van der Waals surface area (Å²) in [5.74, 6) is 0.114. The zero-order valence-corrected chi connectivity index (χ0v) is 9.91. The lowest BCUT2D eigenvalue weighted by atomic mass is 10.2. The molecule has 0 fully saturated rings. The van der Waals surface area contributed by atoms with Crippen LogP contribution in [0.2, 0.25) is 0 Å². The van der Waals surface area contributed by atoms with E-state index in [1.807, 2.05) is 0 Å². The Balaban J connectivity index is 2.75. The molecule has 0 saturated heterocycles. The van der Waals surface area contributed by atoms with Gasteiger partial charge in [-0.3, -0.25) is 4.79 Å². The van der Waals surface area contributed by atoms with E-state index in [0.717, 1.165) is 4.47 Å². The van der Waals surface area contributed by atoms with Crippen LogP contribution >= 0.6 is 15.9 Å². The fourth-order valence-corrected chi connectivity index (χ4v) is 1.50. The number of halogens is 1. The molecule has 0 aliphatic carbocycles. The molecule has 5 heteroatoms. The van der Waals surface area contributed by atoms with Gasteiger partial charge >= 0.3 is 0 Å². The van der Waals surface area contributed by atoms with Gasteiger partial charge in [0.1, 0.15) is 12.4 Å². The van der Waals surface area contributed by atoms with Crippen LogP contribution in [-0.4, -0.2) is 26.2 Å². The van der Waals surface area contributed by atoms with Crippen LogP contribution in [0.25, 0.3) is 0 Å². The minimum Gasteiger partial charge on any atom is -0.491 e. The Morgan fingerprint density at radius 1 is 1.40 bits per heavy atom. The van der Waals surface area contributed by atoms with Crippen LogP contribution in [0.4, 0.5) is 0 Å². The van der Waals surface area contributed by atoms with Gasteiger partial charge in [0.2, 0.25) is 5.91 Å². The first-order valence-electron chi connectivity index (χ1n) is 4.35. The molecule has 0 unspecified atom stereocenters. The highest BCUT2D eigenvalue weighted by Crippen LogP contribution is 2.21. The van der Waals surface area contributed by atoms with Gasteiger partial charge in [0.25, 0.3) is 0 Å². The van der Waals surface area contributed by atoms with Crippen molar-refractivity contribution in [3.63, 3.8) is 0 Å². The van der Waals surface area contributed by atoms with Gasteiger partial charge < -0.3 is 15.2 Å². The lowest BCUT2D eigenvalue weighted by Crippen LogP contribution is -2.11. The second-order valence-electron chi connectivity index (χ2n) is 2.88. The van der Waals surface area contributed by atoms with Crippen molar-refractivity contribution in [1.29, 1.82) is 0 Å². The number of amides is 1. The fraction of sp³-hybridized carbons (Fsp3) is 0.300. The van der Waals surface area contributed by atoms with Crippen LogP contribution in [0.1, 0.15) is 10.4 Å². The Hall–Kier alpha value is -1.07. The number of nitrogens with two attached hydrogens (primary N) is 1. The zero-order chi connectivity index (χ0) is 11.3. The SMILES string of the molecule is COCCOc1cc(Br)cc(C(N)=O)c1. The summed E-state index contributed by atoms with van der Waals surface area (Å²) in [7, 11) is 1.60. The molecule has 82 valence electrons. The summed E-state index contributed by atoms with van der Waals surface area (Å²) in [6, 6.07) is 5.01. The van der Waals surface area contributed by atoms with E-state index in [2.05, 4.69) is 15.9 Å². The molecule has 0 heterocycles. The number of benzene rings is 1. The molecule has 4 nitrogen and oxygen atoms in total. The number of primary amides is 1. The van der Waals surface area contributed by atoms with Gasteiger partial charge in [0.15, 0.2) is 0 Å². The first kappa shape index (κ1) is 12.0. The molecule has 0 spiro atoms. The second kappa shape index (κ2) is 5.72. The molecule has 0 bridgehead atoms. The van der Waals surface area contributed by atoms with Crippen molar-refractivity contribution in [3.8, 4) is 5.75 Å². The number of methoxy groups -OCH3 is 1. The third kappa shape index (κ3) is 3.89. The van der Waals surface area contributed by atoms with Crippen molar-refractivity contribution in [2.45, 2.75) is 0 Å². The van der Waals surface area contributed by atoms with Crippen LogP contribution in [0, 0.1) is 0 Å². The maximum Gasteiger partial charge on any atom is 0.248 e. The molecule has 1 amide bonds.